The molecule has 0 amide bonds. The smallest absolute Gasteiger partial charge is 0.121 e. The van der Waals surface area contributed by atoms with Crippen LogP contribution in [-0.2, 0) is 0 Å². The van der Waals surface area contributed by atoms with Gasteiger partial charge >= 0.3 is 0 Å². The summed E-state index contributed by atoms with van der Waals surface area (Å²) in [4.78, 5) is 0. The second kappa shape index (κ2) is 2.14. The maximum atomic E-state index is 3.13. The van der Waals surface area contributed by atoms with Gasteiger partial charge in [-0.3, -0.25) is 0 Å². The first-order valence-electron chi connectivity index (χ1n) is 3.23. The lowest BCUT2D eigenvalue weighted by molar-refractivity contribution is 1.73. The third-order valence-electron chi connectivity index (χ3n) is 1.51. The van der Waals surface area contributed by atoms with Crippen LogP contribution >= 0.6 is 0 Å². The zero-order valence-electron chi connectivity index (χ0n) is 5.46. The topological polar surface area (TPSA) is 0 Å². The summed E-state index contributed by atoms with van der Waals surface area (Å²) < 4.78 is 0. The number of hydrogen-bond acceptors (Lipinski definition) is 0. The van der Waals surface area contributed by atoms with E-state index < -0.39 is 0 Å². The van der Waals surface area contributed by atoms with Gasteiger partial charge in [0, 0.05) is 0 Å². The lowest BCUT2D eigenvalue weighted by Gasteiger charge is -2.02. The molecule has 0 aromatic heterocycles. The third-order valence-corrected chi connectivity index (χ3v) is 1.51. The van der Waals surface area contributed by atoms with Gasteiger partial charge in [0.2, 0.25) is 0 Å². The second-order valence-corrected chi connectivity index (χ2v) is 2.18. The van der Waals surface area contributed by atoms with Crippen LogP contribution in [0.5, 0.6) is 0 Å². The summed E-state index contributed by atoms with van der Waals surface area (Å²) in [6, 6.07) is 18.0. The van der Waals surface area contributed by atoms with E-state index in [-0.39, 0.29) is 0 Å². The van der Waals surface area contributed by atoms with Gasteiger partial charge in [0.1, 0.15) is 0 Å². The summed E-state index contributed by atoms with van der Waals surface area (Å²) in [6.07, 6.45) is 0. The van der Waals surface area contributed by atoms with E-state index in [1.807, 2.05) is 30.3 Å². The van der Waals surface area contributed by atoms with Crippen molar-refractivity contribution in [2.75, 3.05) is 0 Å². The molecule has 0 fully saturated rings. The van der Waals surface area contributed by atoms with Crippen LogP contribution in [0.3, 0.4) is 0 Å². The van der Waals surface area contributed by atoms with E-state index in [4.69, 9.17) is 0 Å². The van der Waals surface area contributed by atoms with Crippen molar-refractivity contribution in [3.63, 3.8) is 0 Å². The van der Waals surface area contributed by atoms with Crippen LogP contribution in [0.15, 0.2) is 36.4 Å². The van der Waals surface area contributed by atoms with E-state index in [2.05, 4.69) is 18.2 Å². The van der Waals surface area contributed by atoms with Gasteiger partial charge in [-0.25, -0.2) is 0 Å². The van der Waals surface area contributed by atoms with Crippen LogP contribution in [0.2, 0.25) is 0 Å². The van der Waals surface area contributed by atoms with Crippen LogP contribution in [0.25, 0.3) is 10.8 Å². The van der Waals surface area contributed by atoms with Crippen molar-refractivity contribution in [2.24, 2.45) is 0 Å². The fourth-order valence-corrected chi connectivity index (χ4v) is 1.00. The van der Waals surface area contributed by atoms with E-state index in [1.165, 1.54) is 5.39 Å². The molecular formula is C10H6-2. The minimum Gasteiger partial charge on any atom is -0.177 e. The largest absolute Gasteiger partial charge is 0.177 e. The molecule has 0 spiro atoms. The first-order chi connectivity index (χ1) is 4.97. The first-order valence-corrected chi connectivity index (χ1v) is 3.23. The Bertz CT molecular complexity index is 271. The van der Waals surface area contributed by atoms with E-state index in [9.17, 15) is 0 Å². The highest BCUT2D eigenvalue weighted by Crippen LogP contribution is 2.10. The van der Waals surface area contributed by atoms with E-state index in [0.29, 0.717) is 0 Å². The average Bonchev–Trinajstić information content (AvgIpc) is 2.05. The molecular weight excluding hydrogens is 120 g/mol. The highest BCUT2D eigenvalue weighted by molar-refractivity contribution is 5.81. The first kappa shape index (κ1) is 5.48. The maximum Gasteiger partial charge on any atom is -0.121 e. The molecule has 0 unspecified atom stereocenters. The molecule has 0 heterocycles. The van der Waals surface area contributed by atoms with E-state index in [1.54, 1.807) is 0 Å². The molecule has 2 aromatic rings. The quantitative estimate of drug-likeness (QED) is 0.475. The van der Waals surface area contributed by atoms with Gasteiger partial charge in [-0.15, -0.1) is 41.1 Å². The molecule has 0 aliphatic rings. The van der Waals surface area contributed by atoms with E-state index >= 15 is 0 Å². The molecule has 48 valence electrons. The number of benzene rings is 2. The lowest BCUT2D eigenvalue weighted by Crippen LogP contribution is -1.68. The van der Waals surface area contributed by atoms with Gasteiger partial charge in [-0.1, -0.05) is 0 Å². The fraction of sp³-hybridized carbons (Fsp3) is 0. The Labute approximate surface area is 60.1 Å². The van der Waals surface area contributed by atoms with Crippen molar-refractivity contribution in [3.8, 4) is 0 Å². The Kier molecular flexibility index (Phi) is 1.17. The molecule has 0 saturated carbocycles. The van der Waals surface area contributed by atoms with Crippen molar-refractivity contribution in [3.05, 3.63) is 48.5 Å². The van der Waals surface area contributed by atoms with Gasteiger partial charge in [0.15, 0.2) is 0 Å². The number of fused-ring (bicyclic) bond motifs is 1. The molecule has 2 rings (SSSR count). The Morgan fingerprint density at radius 2 is 2.10 bits per heavy atom. The molecule has 0 bridgehead atoms. The second-order valence-electron chi connectivity index (χ2n) is 2.18. The molecule has 0 atom stereocenters. The zero-order chi connectivity index (χ0) is 6.81. The van der Waals surface area contributed by atoms with Gasteiger partial charge in [0.25, 0.3) is 0 Å². The molecule has 0 heteroatoms. The highest BCUT2D eigenvalue weighted by Gasteiger charge is 1.74. The Morgan fingerprint density at radius 1 is 1.10 bits per heavy atom. The Hall–Kier alpha value is -1.30. The van der Waals surface area contributed by atoms with Gasteiger partial charge in [0.05, 0.1) is 0 Å². The van der Waals surface area contributed by atoms with Gasteiger partial charge in [-0.05, 0) is 0 Å². The summed E-state index contributed by atoms with van der Waals surface area (Å²) >= 11 is 0. The molecule has 0 nitrogen and oxygen atoms in total. The lowest BCUT2D eigenvalue weighted by atomic mass is 10.1. The van der Waals surface area contributed by atoms with Crippen molar-refractivity contribution in [1.29, 1.82) is 0 Å². The van der Waals surface area contributed by atoms with Crippen LogP contribution < -0.4 is 0 Å². The number of rotatable bonds is 0. The summed E-state index contributed by atoms with van der Waals surface area (Å²) in [5.41, 5.74) is 0. The van der Waals surface area contributed by atoms with E-state index in [0.717, 1.165) is 5.39 Å². The third kappa shape index (κ3) is 0.781. The maximum absolute atomic E-state index is 3.13. The van der Waals surface area contributed by atoms with Gasteiger partial charge < -0.3 is 0 Å². The molecule has 0 saturated heterocycles. The summed E-state index contributed by atoms with van der Waals surface area (Å²) in [7, 11) is 0. The zero-order valence-corrected chi connectivity index (χ0v) is 5.46. The normalized spacial score (nSPS) is 10.0. The number of hydrogen-bond donors (Lipinski definition) is 0. The average molecular weight is 126 g/mol. The minimum atomic E-state index is 1.15. The Morgan fingerprint density at radius 3 is 3.00 bits per heavy atom. The Balaban J connectivity index is 2.89. The predicted octanol–water partition coefficient (Wildman–Crippen LogP) is 2.44. The summed E-state index contributed by atoms with van der Waals surface area (Å²) in [6.45, 7) is 0. The van der Waals surface area contributed by atoms with Crippen molar-refractivity contribution >= 4 is 10.8 Å². The standard InChI is InChI=1S/C10H6/c1-2-6-10-8-4-3-7-9(10)5-1/h1-3,6-8H/q-2. The predicted molar refractivity (Wildman–Crippen MR) is 41.6 cm³/mol. The summed E-state index contributed by atoms with van der Waals surface area (Å²) in [5.74, 6) is 0. The van der Waals surface area contributed by atoms with Crippen LogP contribution in [0.1, 0.15) is 0 Å². The van der Waals surface area contributed by atoms with Gasteiger partial charge in [-0.2, -0.15) is 18.2 Å². The minimum absolute atomic E-state index is 1.15. The van der Waals surface area contributed by atoms with Crippen LogP contribution in [0.4, 0.5) is 0 Å². The monoisotopic (exact) mass is 126 g/mol. The SMILES string of the molecule is [c-]1ccc2[c-]cccc2c1. The highest BCUT2D eigenvalue weighted by atomic mass is 13.9. The van der Waals surface area contributed by atoms with Crippen molar-refractivity contribution < 1.29 is 0 Å². The summed E-state index contributed by atoms with van der Waals surface area (Å²) in [5, 5.41) is 2.35. The fourth-order valence-electron chi connectivity index (χ4n) is 1.00. The molecule has 0 N–H and O–H groups in total. The molecule has 0 aliphatic heterocycles. The molecule has 0 radical (unpaired) electrons. The molecule has 0 aliphatic carbocycles. The molecule has 10 heavy (non-hydrogen) atoms. The van der Waals surface area contributed by atoms with Crippen LogP contribution in [-0.4, -0.2) is 0 Å². The molecule has 2 aromatic carbocycles. The van der Waals surface area contributed by atoms with Crippen molar-refractivity contribution in [2.45, 2.75) is 0 Å². The van der Waals surface area contributed by atoms with Crippen molar-refractivity contribution in [1.82, 2.24) is 0 Å². The van der Waals surface area contributed by atoms with Crippen LogP contribution in [0, 0.1) is 12.1 Å².